The summed E-state index contributed by atoms with van der Waals surface area (Å²) in [5.74, 6) is 0.414. The SMILES string of the molecule is O=C(c1ccccc1)c1ccc(NC2CCCN(c3ncccn3)C2)c([N+](=O)[O-])c1. The Morgan fingerprint density at radius 2 is 1.83 bits per heavy atom. The zero-order chi connectivity index (χ0) is 20.9. The highest BCUT2D eigenvalue weighted by atomic mass is 16.6. The summed E-state index contributed by atoms with van der Waals surface area (Å²) in [4.78, 5) is 34.5. The molecule has 1 aromatic heterocycles. The smallest absolute Gasteiger partial charge is 0.293 e. The van der Waals surface area contributed by atoms with Crippen molar-refractivity contribution in [3.05, 3.63) is 88.2 Å². The van der Waals surface area contributed by atoms with Crippen LogP contribution >= 0.6 is 0 Å². The van der Waals surface area contributed by atoms with Gasteiger partial charge in [-0.1, -0.05) is 30.3 Å². The Morgan fingerprint density at radius 1 is 1.07 bits per heavy atom. The molecule has 0 bridgehead atoms. The quantitative estimate of drug-likeness (QED) is 0.380. The standard InChI is InChI=1S/C22H21N5O3/c28-21(16-6-2-1-3-7-16)17-9-10-19(20(14-17)27(29)30)25-18-8-4-13-26(15-18)22-23-11-5-12-24-22/h1-3,5-7,9-12,14,18,25H,4,8,13,15H2. The van der Waals surface area contributed by atoms with Gasteiger partial charge in [0.05, 0.1) is 4.92 Å². The van der Waals surface area contributed by atoms with Gasteiger partial charge in [-0.3, -0.25) is 14.9 Å². The summed E-state index contributed by atoms with van der Waals surface area (Å²) in [6.45, 7) is 1.49. The first kappa shape index (κ1) is 19.5. The van der Waals surface area contributed by atoms with E-state index in [9.17, 15) is 14.9 Å². The van der Waals surface area contributed by atoms with Crippen molar-refractivity contribution in [2.24, 2.45) is 0 Å². The fraction of sp³-hybridized carbons (Fsp3) is 0.227. The van der Waals surface area contributed by atoms with Gasteiger partial charge in [0, 0.05) is 48.7 Å². The minimum atomic E-state index is -0.453. The maximum Gasteiger partial charge on any atom is 0.293 e. The summed E-state index contributed by atoms with van der Waals surface area (Å²) in [5.41, 5.74) is 1.09. The second-order valence-electron chi connectivity index (χ2n) is 7.16. The molecule has 0 radical (unpaired) electrons. The van der Waals surface area contributed by atoms with Crippen molar-refractivity contribution < 1.29 is 9.72 Å². The largest absolute Gasteiger partial charge is 0.375 e. The van der Waals surface area contributed by atoms with Gasteiger partial charge in [0.25, 0.3) is 5.69 Å². The molecule has 1 fully saturated rings. The van der Waals surface area contributed by atoms with Crippen molar-refractivity contribution >= 4 is 23.1 Å². The van der Waals surface area contributed by atoms with Crippen molar-refractivity contribution in [2.75, 3.05) is 23.3 Å². The number of hydrogen-bond donors (Lipinski definition) is 1. The first-order valence-electron chi connectivity index (χ1n) is 9.78. The van der Waals surface area contributed by atoms with Crippen LogP contribution in [0.5, 0.6) is 0 Å². The van der Waals surface area contributed by atoms with Gasteiger partial charge < -0.3 is 10.2 Å². The van der Waals surface area contributed by atoms with Gasteiger partial charge in [-0.05, 0) is 31.0 Å². The molecule has 1 atom stereocenters. The molecule has 1 saturated heterocycles. The zero-order valence-corrected chi connectivity index (χ0v) is 16.3. The molecule has 30 heavy (non-hydrogen) atoms. The third kappa shape index (κ3) is 4.27. The van der Waals surface area contributed by atoms with E-state index >= 15 is 0 Å². The Kier molecular flexibility index (Phi) is 5.65. The molecule has 152 valence electrons. The predicted octanol–water partition coefficient (Wildman–Crippen LogP) is 3.70. The molecule has 0 spiro atoms. The second-order valence-corrected chi connectivity index (χ2v) is 7.16. The van der Waals surface area contributed by atoms with Crippen LogP contribution in [0.2, 0.25) is 0 Å². The molecule has 2 heterocycles. The van der Waals surface area contributed by atoms with Crippen LogP contribution in [0.25, 0.3) is 0 Å². The number of carbonyl (C=O) groups is 1. The normalized spacial score (nSPS) is 16.1. The van der Waals surface area contributed by atoms with E-state index in [1.165, 1.54) is 6.07 Å². The Balaban J connectivity index is 1.54. The minimum absolute atomic E-state index is 0.0110. The van der Waals surface area contributed by atoms with Crippen LogP contribution in [0.4, 0.5) is 17.3 Å². The molecule has 0 amide bonds. The number of piperidine rings is 1. The van der Waals surface area contributed by atoms with Gasteiger partial charge >= 0.3 is 0 Å². The Bertz CT molecular complexity index is 1040. The van der Waals surface area contributed by atoms with E-state index in [1.807, 2.05) is 6.07 Å². The summed E-state index contributed by atoms with van der Waals surface area (Å²) in [7, 11) is 0. The van der Waals surface area contributed by atoms with Crippen molar-refractivity contribution in [3.63, 3.8) is 0 Å². The molecule has 3 aromatic rings. The minimum Gasteiger partial charge on any atom is -0.375 e. The molecule has 1 unspecified atom stereocenters. The van der Waals surface area contributed by atoms with Crippen molar-refractivity contribution in [1.82, 2.24) is 9.97 Å². The van der Waals surface area contributed by atoms with E-state index in [0.717, 1.165) is 19.4 Å². The predicted molar refractivity (Wildman–Crippen MR) is 114 cm³/mol. The van der Waals surface area contributed by atoms with E-state index < -0.39 is 4.92 Å². The topological polar surface area (TPSA) is 101 Å². The highest BCUT2D eigenvalue weighted by molar-refractivity contribution is 6.09. The zero-order valence-electron chi connectivity index (χ0n) is 16.3. The van der Waals surface area contributed by atoms with E-state index in [0.29, 0.717) is 29.3 Å². The summed E-state index contributed by atoms with van der Waals surface area (Å²) in [6, 6.07) is 15.1. The maximum absolute atomic E-state index is 12.7. The van der Waals surface area contributed by atoms with Gasteiger partial charge in [0.1, 0.15) is 5.69 Å². The molecule has 1 N–H and O–H groups in total. The number of nitro groups is 1. The average molecular weight is 403 g/mol. The van der Waals surface area contributed by atoms with Gasteiger partial charge in [-0.15, -0.1) is 0 Å². The van der Waals surface area contributed by atoms with Crippen LogP contribution in [0.15, 0.2) is 67.0 Å². The number of nitrogens with one attached hydrogen (secondary N) is 1. The van der Waals surface area contributed by atoms with Gasteiger partial charge in [0.2, 0.25) is 5.95 Å². The van der Waals surface area contributed by atoms with E-state index in [-0.39, 0.29) is 17.5 Å². The van der Waals surface area contributed by atoms with Crippen molar-refractivity contribution in [2.45, 2.75) is 18.9 Å². The number of nitrogens with zero attached hydrogens (tertiary/aromatic N) is 4. The fourth-order valence-electron chi connectivity index (χ4n) is 3.65. The van der Waals surface area contributed by atoms with E-state index in [4.69, 9.17) is 0 Å². The Labute approximate surface area is 173 Å². The molecule has 1 aliphatic heterocycles. The Morgan fingerprint density at radius 3 is 2.57 bits per heavy atom. The molecular formula is C22H21N5O3. The number of carbonyl (C=O) groups excluding carboxylic acids is 1. The number of benzene rings is 2. The number of nitro benzene ring substituents is 1. The lowest BCUT2D eigenvalue weighted by Gasteiger charge is -2.33. The number of aromatic nitrogens is 2. The number of rotatable bonds is 6. The molecule has 8 nitrogen and oxygen atoms in total. The van der Waals surface area contributed by atoms with E-state index in [1.54, 1.807) is 54.9 Å². The molecule has 0 aliphatic carbocycles. The molecular weight excluding hydrogens is 382 g/mol. The summed E-state index contributed by atoms with van der Waals surface area (Å²) >= 11 is 0. The first-order chi connectivity index (χ1) is 14.6. The Hall–Kier alpha value is -3.81. The fourth-order valence-corrected chi connectivity index (χ4v) is 3.65. The number of hydrogen-bond acceptors (Lipinski definition) is 7. The summed E-state index contributed by atoms with van der Waals surface area (Å²) in [5, 5.41) is 15.0. The average Bonchev–Trinajstić information content (AvgIpc) is 2.80. The molecule has 4 rings (SSSR count). The van der Waals surface area contributed by atoms with Gasteiger partial charge in [-0.2, -0.15) is 0 Å². The van der Waals surface area contributed by atoms with Crippen LogP contribution in [0.3, 0.4) is 0 Å². The van der Waals surface area contributed by atoms with Crippen LogP contribution < -0.4 is 10.2 Å². The number of anilines is 2. The van der Waals surface area contributed by atoms with Gasteiger partial charge in [-0.25, -0.2) is 9.97 Å². The second kappa shape index (κ2) is 8.69. The lowest BCUT2D eigenvalue weighted by Crippen LogP contribution is -2.43. The van der Waals surface area contributed by atoms with Crippen molar-refractivity contribution in [3.8, 4) is 0 Å². The van der Waals surface area contributed by atoms with Gasteiger partial charge in [0.15, 0.2) is 5.78 Å². The molecule has 1 aliphatic rings. The maximum atomic E-state index is 12.7. The molecule has 0 saturated carbocycles. The van der Waals surface area contributed by atoms with Crippen LogP contribution in [0.1, 0.15) is 28.8 Å². The first-order valence-corrected chi connectivity index (χ1v) is 9.78. The molecule has 8 heteroatoms. The monoisotopic (exact) mass is 403 g/mol. The third-order valence-corrected chi connectivity index (χ3v) is 5.11. The molecule has 2 aromatic carbocycles. The highest BCUT2D eigenvalue weighted by Gasteiger charge is 2.25. The summed E-state index contributed by atoms with van der Waals surface area (Å²) in [6.07, 6.45) is 5.21. The number of ketones is 1. The van der Waals surface area contributed by atoms with Crippen LogP contribution in [0, 0.1) is 10.1 Å². The summed E-state index contributed by atoms with van der Waals surface area (Å²) < 4.78 is 0. The van der Waals surface area contributed by atoms with Crippen LogP contribution in [-0.4, -0.2) is 39.8 Å². The lowest BCUT2D eigenvalue weighted by molar-refractivity contribution is -0.384. The highest BCUT2D eigenvalue weighted by Crippen LogP contribution is 2.29. The van der Waals surface area contributed by atoms with Crippen LogP contribution in [-0.2, 0) is 0 Å². The lowest BCUT2D eigenvalue weighted by atomic mass is 10.0. The van der Waals surface area contributed by atoms with Crippen molar-refractivity contribution in [1.29, 1.82) is 0 Å². The third-order valence-electron chi connectivity index (χ3n) is 5.11. The van der Waals surface area contributed by atoms with E-state index in [2.05, 4.69) is 20.2 Å².